The van der Waals surface area contributed by atoms with Gasteiger partial charge in [0.1, 0.15) is 5.75 Å². The second-order valence-corrected chi connectivity index (χ2v) is 13.1. The van der Waals surface area contributed by atoms with Crippen molar-refractivity contribution in [2.45, 2.75) is 70.2 Å². The zero-order valence-corrected chi connectivity index (χ0v) is 26.1. The van der Waals surface area contributed by atoms with Gasteiger partial charge in [0.2, 0.25) is 10.0 Å². The molecule has 0 spiro atoms. The maximum Gasteiger partial charge on any atom is 0.314 e. The van der Waals surface area contributed by atoms with Crippen LogP contribution in [0.5, 0.6) is 5.75 Å². The molecule has 9 heteroatoms. The maximum atomic E-state index is 12.7. The summed E-state index contributed by atoms with van der Waals surface area (Å²) in [5, 5.41) is 6.03. The number of hydrogen-bond acceptors (Lipinski definition) is 5. The first-order chi connectivity index (χ1) is 19.0. The van der Waals surface area contributed by atoms with E-state index in [1.807, 2.05) is 13.8 Å². The van der Waals surface area contributed by atoms with Gasteiger partial charge in [-0.15, -0.1) is 0 Å². The lowest BCUT2D eigenvalue weighted by molar-refractivity contribution is 0.148. The van der Waals surface area contributed by atoms with E-state index in [1.54, 1.807) is 14.0 Å². The lowest BCUT2D eigenvalue weighted by Crippen LogP contribution is -2.40. The Morgan fingerprint density at radius 1 is 1.00 bits per heavy atom. The van der Waals surface area contributed by atoms with Gasteiger partial charge in [-0.2, -0.15) is 0 Å². The number of benzene rings is 2. The Morgan fingerprint density at radius 2 is 1.65 bits per heavy atom. The Morgan fingerprint density at radius 3 is 2.23 bits per heavy atom. The Kier molecular flexibility index (Phi) is 11.4. The van der Waals surface area contributed by atoms with E-state index < -0.39 is 10.0 Å². The summed E-state index contributed by atoms with van der Waals surface area (Å²) < 4.78 is 33.5. The van der Waals surface area contributed by atoms with E-state index in [0.29, 0.717) is 65.6 Å². The highest BCUT2D eigenvalue weighted by Crippen LogP contribution is 2.39. The molecule has 3 N–H and O–H groups in total. The topological polar surface area (TPSA) is 99.8 Å². The van der Waals surface area contributed by atoms with Crippen molar-refractivity contribution in [1.82, 2.24) is 20.3 Å². The lowest BCUT2D eigenvalue weighted by Gasteiger charge is -2.37. The van der Waals surface area contributed by atoms with Crippen molar-refractivity contribution in [3.8, 4) is 5.75 Å². The molecule has 0 aliphatic heterocycles. The molecule has 0 aromatic heterocycles. The smallest absolute Gasteiger partial charge is 0.314 e. The fourth-order valence-electron chi connectivity index (χ4n) is 6.35. The second kappa shape index (κ2) is 14.3. The van der Waals surface area contributed by atoms with Crippen molar-refractivity contribution >= 4 is 16.1 Å². The third kappa shape index (κ3) is 7.56. The third-order valence-corrected chi connectivity index (χ3v) is 10.2. The predicted octanol–water partition coefficient (Wildman–Crippen LogP) is 4.87. The number of nitrogens with one attached hydrogen (secondary N) is 3. The fraction of sp³-hybridized carbons (Fsp3) is 0.581. The zero-order valence-electron chi connectivity index (χ0n) is 25.3. The quantitative estimate of drug-likeness (QED) is 0.315. The average Bonchev–Trinajstić information content (AvgIpc) is 2.93. The summed E-state index contributed by atoms with van der Waals surface area (Å²) in [6, 6.07) is 11.0. The number of amides is 2. The predicted molar refractivity (Wildman–Crippen MR) is 161 cm³/mol. The van der Waals surface area contributed by atoms with E-state index in [1.165, 1.54) is 12.6 Å². The molecule has 40 heavy (non-hydrogen) atoms. The maximum absolute atomic E-state index is 12.7. The molecule has 2 amide bonds. The van der Waals surface area contributed by atoms with E-state index >= 15 is 0 Å². The van der Waals surface area contributed by atoms with Crippen LogP contribution in [0.1, 0.15) is 66.0 Å². The molecule has 8 nitrogen and oxygen atoms in total. The van der Waals surface area contributed by atoms with Crippen molar-refractivity contribution in [2.24, 2.45) is 11.8 Å². The standard InChI is InChI=1S/C31H48N4O4S/c1-21-22(2)30(40(37,38)32-4)23(3)27(29(21)39-7)14-11-19-33-31(36)34-20-24-15-17-26(18-16-24)28(35(5)6)25-12-9-8-10-13-25/h8-10,12-13,24,26,28,32H,11,14-20H2,1-7H3,(H2,33,34,36). The molecule has 0 radical (unpaired) electrons. The zero-order chi connectivity index (χ0) is 29.4. The van der Waals surface area contributed by atoms with E-state index in [4.69, 9.17) is 4.74 Å². The van der Waals surface area contributed by atoms with Crippen molar-refractivity contribution in [2.75, 3.05) is 41.3 Å². The SMILES string of the molecule is CNS(=O)(=O)c1c(C)c(C)c(OC)c(CCCNC(=O)NCC2CCC(C(c3ccccc3)N(C)C)CC2)c1C. The second-order valence-electron chi connectivity index (χ2n) is 11.3. The highest BCUT2D eigenvalue weighted by atomic mass is 32.2. The first-order valence-electron chi connectivity index (χ1n) is 14.3. The molecule has 222 valence electrons. The van der Waals surface area contributed by atoms with E-state index in [-0.39, 0.29) is 6.03 Å². The van der Waals surface area contributed by atoms with Crippen LogP contribution in [0.15, 0.2) is 35.2 Å². The lowest BCUT2D eigenvalue weighted by atomic mass is 9.76. The summed E-state index contributed by atoms with van der Waals surface area (Å²) >= 11 is 0. The Hall–Kier alpha value is -2.62. The molecule has 1 aliphatic rings. The minimum atomic E-state index is -3.61. The normalized spacial score (nSPS) is 18.4. The molecule has 2 aromatic carbocycles. The molecule has 0 heterocycles. The van der Waals surface area contributed by atoms with Gasteiger partial charge >= 0.3 is 6.03 Å². The van der Waals surface area contributed by atoms with Crippen LogP contribution in [0.3, 0.4) is 0 Å². The highest BCUT2D eigenvalue weighted by molar-refractivity contribution is 7.89. The molecule has 1 aliphatic carbocycles. The van der Waals surface area contributed by atoms with Crippen LogP contribution >= 0.6 is 0 Å². The van der Waals surface area contributed by atoms with Gasteiger partial charge in [-0.1, -0.05) is 30.3 Å². The van der Waals surface area contributed by atoms with Gasteiger partial charge in [0.15, 0.2) is 0 Å². The average molecular weight is 573 g/mol. The molecule has 1 unspecified atom stereocenters. The summed E-state index contributed by atoms with van der Waals surface area (Å²) in [7, 11) is 3.75. The number of carbonyl (C=O) groups is 1. The van der Waals surface area contributed by atoms with Crippen molar-refractivity contribution in [1.29, 1.82) is 0 Å². The van der Waals surface area contributed by atoms with Crippen molar-refractivity contribution < 1.29 is 17.9 Å². The van der Waals surface area contributed by atoms with Gasteiger partial charge in [0, 0.05) is 19.1 Å². The van der Waals surface area contributed by atoms with E-state index in [0.717, 1.165) is 36.8 Å². The van der Waals surface area contributed by atoms with Crippen LogP contribution in [0.25, 0.3) is 0 Å². The summed E-state index contributed by atoms with van der Waals surface area (Å²) in [6.07, 6.45) is 5.82. The molecule has 1 saturated carbocycles. The molecule has 1 atom stereocenters. The molecule has 1 fully saturated rings. The first-order valence-corrected chi connectivity index (χ1v) is 15.8. The number of hydrogen-bond donors (Lipinski definition) is 3. The number of sulfonamides is 1. The van der Waals surface area contributed by atoms with E-state index in [9.17, 15) is 13.2 Å². The van der Waals surface area contributed by atoms with Crippen molar-refractivity contribution in [3.05, 3.63) is 58.1 Å². The summed E-state index contributed by atoms with van der Waals surface area (Å²) in [5.41, 5.74) is 4.44. The number of methoxy groups -OCH3 is 1. The van der Waals surface area contributed by atoms with Crippen LogP contribution in [0.4, 0.5) is 4.79 Å². The van der Waals surface area contributed by atoms with E-state index in [2.05, 4.69) is 64.7 Å². The number of rotatable bonds is 12. The van der Waals surface area contributed by atoms with Gasteiger partial charge in [0.25, 0.3) is 0 Å². The van der Waals surface area contributed by atoms with Crippen molar-refractivity contribution in [3.63, 3.8) is 0 Å². The molecular formula is C31H48N4O4S. The highest BCUT2D eigenvalue weighted by Gasteiger charge is 2.30. The summed E-state index contributed by atoms with van der Waals surface area (Å²) in [5.74, 6) is 1.83. The fourth-order valence-corrected chi connectivity index (χ4v) is 7.64. The summed E-state index contributed by atoms with van der Waals surface area (Å²) in [4.78, 5) is 15.2. The van der Waals surface area contributed by atoms with Gasteiger partial charge in [-0.05, 0) is 120 Å². The van der Waals surface area contributed by atoms with Gasteiger partial charge in [0.05, 0.1) is 12.0 Å². The summed E-state index contributed by atoms with van der Waals surface area (Å²) in [6.45, 7) is 6.69. The monoisotopic (exact) mass is 572 g/mol. The Bertz CT molecular complexity index is 1240. The van der Waals surface area contributed by atoms with Crippen LogP contribution in [-0.2, 0) is 16.4 Å². The van der Waals surface area contributed by atoms with Gasteiger partial charge < -0.3 is 20.3 Å². The first kappa shape index (κ1) is 31.9. The van der Waals surface area contributed by atoms with Crippen LogP contribution in [0.2, 0.25) is 0 Å². The third-order valence-electron chi connectivity index (χ3n) is 8.53. The Balaban J connectivity index is 1.48. The molecule has 2 aromatic rings. The van der Waals surface area contributed by atoms with Gasteiger partial charge in [-0.3, -0.25) is 0 Å². The number of ether oxygens (including phenoxy) is 1. The number of urea groups is 1. The number of carbonyl (C=O) groups excluding carboxylic acids is 1. The molecule has 0 saturated heterocycles. The van der Waals surface area contributed by atoms with Crippen LogP contribution in [-0.4, -0.2) is 60.7 Å². The number of nitrogens with zero attached hydrogens (tertiary/aromatic N) is 1. The molecular weight excluding hydrogens is 524 g/mol. The van der Waals surface area contributed by atoms with Crippen LogP contribution < -0.4 is 20.1 Å². The minimum absolute atomic E-state index is 0.153. The largest absolute Gasteiger partial charge is 0.496 e. The Labute approximate surface area is 241 Å². The molecule has 3 rings (SSSR count). The minimum Gasteiger partial charge on any atom is -0.496 e. The van der Waals surface area contributed by atoms with Crippen LogP contribution in [0, 0.1) is 32.6 Å². The molecule has 0 bridgehead atoms. The van der Waals surface area contributed by atoms with Gasteiger partial charge in [-0.25, -0.2) is 17.9 Å².